The first kappa shape index (κ1) is 36.7. The molecule has 48 heavy (non-hydrogen) atoms. The Labute approximate surface area is 288 Å². The first-order chi connectivity index (χ1) is 22.3. The highest BCUT2D eigenvalue weighted by atomic mass is 16.5. The van der Waals surface area contributed by atoms with Gasteiger partial charge < -0.3 is 19.7 Å². The molecule has 4 rings (SSSR count). The van der Waals surface area contributed by atoms with E-state index in [4.69, 9.17) is 14.5 Å². The van der Waals surface area contributed by atoms with Gasteiger partial charge in [0.15, 0.2) is 0 Å². The lowest BCUT2D eigenvalue weighted by molar-refractivity contribution is 0.0475. The highest BCUT2D eigenvalue weighted by molar-refractivity contribution is 5.85. The predicted octanol–water partition coefficient (Wildman–Crippen LogP) is 9.58. The summed E-state index contributed by atoms with van der Waals surface area (Å²) in [7, 11) is 3.26. The van der Waals surface area contributed by atoms with E-state index in [2.05, 4.69) is 98.7 Å². The van der Waals surface area contributed by atoms with Gasteiger partial charge in [0.25, 0.3) is 0 Å². The van der Waals surface area contributed by atoms with E-state index in [1.165, 1.54) is 0 Å². The molecule has 2 N–H and O–H groups in total. The number of rotatable bonds is 9. The van der Waals surface area contributed by atoms with Crippen LogP contribution in [0.1, 0.15) is 107 Å². The van der Waals surface area contributed by atoms with Crippen molar-refractivity contribution in [3.8, 4) is 17.2 Å². The molecule has 0 saturated heterocycles. The number of nitrogens with zero attached hydrogens (tertiary/aromatic N) is 1. The van der Waals surface area contributed by atoms with E-state index in [-0.39, 0.29) is 22.0 Å². The van der Waals surface area contributed by atoms with Gasteiger partial charge in [0.1, 0.15) is 22.8 Å². The van der Waals surface area contributed by atoms with Crippen molar-refractivity contribution in [2.45, 2.75) is 104 Å². The molecule has 0 aliphatic heterocycles. The van der Waals surface area contributed by atoms with E-state index in [0.29, 0.717) is 34.6 Å². The van der Waals surface area contributed by atoms with Crippen LogP contribution in [-0.2, 0) is 28.3 Å². The Balaban J connectivity index is 2.14. The molecule has 0 fully saturated rings. The molecule has 0 bridgehead atoms. The average Bonchev–Trinajstić information content (AvgIpc) is 3.02. The minimum atomic E-state index is -1.72. The topological polar surface area (TPSA) is 71.3 Å². The van der Waals surface area contributed by atoms with Gasteiger partial charge in [0.2, 0.25) is 0 Å². The van der Waals surface area contributed by atoms with Gasteiger partial charge in [-0.15, -0.1) is 0 Å². The number of hydrogen-bond donors (Lipinski definition) is 2. The van der Waals surface area contributed by atoms with E-state index < -0.39 is 11.6 Å². The van der Waals surface area contributed by atoms with Crippen LogP contribution < -0.4 is 9.47 Å². The predicted molar refractivity (Wildman–Crippen MR) is 199 cm³/mol. The number of aliphatic hydroxyl groups is 1. The number of ether oxygens (including phenoxy) is 2. The zero-order valence-corrected chi connectivity index (χ0v) is 31.0. The van der Waals surface area contributed by atoms with Gasteiger partial charge in [-0.05, 0) is 82.2 Å². The largest absolute Gasteiger partial charge is 0.507 e. The summed E-state index contributed by atoms with van der Waals surface area (Å²) in [4.78, 5) is 5.23. The van der Waals surface area contributed by atoms with Crippen molar-refractivity contribution in [1.82, 2.24) is 0 Å². The van der Waals surface area contributed by atoms with Crippen molar-refractivity contribution in [2.75, 3.05) is 14.2 Å². The van der Waals surface area contributed by atoms with Crippen molar-refractivity contribution in [3.05, 3.63) is 123 Å². The Bertz CT molecular complexity index is 1690. The Hall–Kier alpha value is -4.09. The Morgan fingerprint density at radius 2 is 1.17 bits per heavy atom. The molecule has 5 heteroatoms. The molecule has 4 aromatic rings. The summed E-state index contributed by atoms with van der Waals surface area (Å²) in [5.74, 6) is 1.30. The van der Waals surface area contributed by atoms with Gasteiger partial charge in [-0.1, -0.05) is 111 Å². The quantitative estimate of drug-likeness (QED) is 0.177. The lowest BCUT2D eigenvalue weighted by Gasteiger charge is -2.38. The number of aliphatic imine (C=N–C) groups is 1. The summed E-state index contributed by atoms with van der Waals surface area (Å²) in [6.07, 6.45) is 2.12. The molecular formula is C43H55NO4. The number of hydrogen-bond acceptors (Lipinski definition) is 5. The zero-order valence-electron chi connectivity index (χ0n) is 31.0. The number of aryl methyl sites for hydroxylation is 1. The molecule has 0 heterocycles. The third kappa shape index (κ3) is 7.79. The van der Waals surface area contributed by atoms with Crippen LogP contribution in [0.5, 0.6) is 17.2 Å². The number of phenolic OH excluding ortho intramolecular Hbond substituents is 1. The zero-order chi connectivity index (χ0) is 35.7. The second kappa shape index (κ2) is 13.8. The van der Waals surface area contributed by atoms with Crippen LogP contribution in [0.15, 0.2) is 83.9 Å². The molecule has 0 radical (unpaired) electrons. The highest BCUT2D eigenvalue weighted by Crippen LogP contribution is 2.47. The van der Waals surface area contributed by atoms with Crippen molar-refractivity contribution < 1.29 is 19.7 Å². The van der Waals surface area contributed by atoms with Gasteiger partial charge in [-0.25, -0.2) is 0 Å². The SMILES string of the molecule is COc1ccc(C(C)(C)C)cc1C(O)(c1cc(C(C)(C)C)ccc1OC)[C@H](Cc1ccccc1)N=Cc1cc(C)cc(C(C)(C)C)c1O. The molecule has 0 aliphatic carbocycles. The maximum Gasteiger partial charge on any atom is 0.144 e. The summed E-state index contributed by atoms with van der Waals surface area (Å²) in [6.45, 7) is 21.2. The van der Waals surface area contributed by atoms with Crippen LogP contribution in [0.25, 0.3) is 0 Å². The summed E-state index contributed by atoms with van der Waals surface area (Å²) in [5.41, 5.74) is 4.39. The lowest BCUT2D eigenvalue weighted by atomic mass is 9.73. The van der Waals surface area contributed by atoms with Crippen molar-refractivity contribution in [3.63, 3.8) is 0 Å². The van der Waals surface area contributed by atoms with Crippen LogP contribution in [0, 0.1) is 6.92 Å². The average molecular weight is 650 g/mol. The molecule has 0 unspecified atom stereocenters. The first-order valence-electron chi connectivity index (χ1n) is 16.8. The van der Waals surface area contributed by atoms with Crippen LogP contribution >= 0.6 is 0 Å². The Kier molecular flexibility index (Phi) is 10.6. The van der Waals surface area contributed by atoms with Gasteiger partial charge >= 0.3 is 0 Å². The molecule has 0 aliphatic rings. The smallest absolute Gasteiger partial charge is 0.144 e. The van der Waals surface area contributed by atoms with Gasteiger partial charge in [0, 0.05) is 28.5 Å². The van der Waals surface area contributed by atoms with Gasteiger partial charge in [-0.3, -0.25) is 4.99 Å². The van der Waals surface area contributed by atoms with E-state index >= 15 is 0 Å². The van der Waals surface area contributed by atoms with Crippen LogP contribution in [0.4, 0.5) is 0 Å². The molecule has 0 spiro atoms. The third-order valence-electron chi connectivity index (χ3n) is 9.19. The fraction of sp³-hybridized carbons (Fsp3) is 0.419. The van der Waals surface area contributed by atoms with E-state index in [1.54, 1.807) is 20.4 Å². The van der Waals surface area contributed by atoms with Crippen molar-refractivity contribution in [2.24, 2.45) is 4.99 Å². The molecule has 4 aromatic carbocycles. The Morgan fingerprint density at radius 1 is 0.667 bits per heavy atom. The molecular weight excluding hydrogens is 594 g/mol. The lowest BCUT2D eigenvalue weighted by Crippen LogP contribution is -2.42. The van der Waals surface area contributed by atoms with Crippen LogP contribution in [-0.4, -0.2) is 36.7 Å². The number of aromatic hydroxyl groups is 1. The fourth-order valence-corrected chi connectivity index (χ4v) is 6.24. The monoisotopic (exact) mass is 649 g/mol. The summed E-state index contributed by atoms with van der Waals surface area (Å²) < 4.78 is 12.0. The molecule has 0 amide bonds. The maximum atomic E-state index is 13.7. The Morgan fingerprint density at radius 3 is 1.60 bits per heavy atom. The molecule has 0 saturated carbocycles. The summed E-state index contributed by atoms with van der Waals surface area (Å²) in [6, 6.07) is 25.4. The standard InChI is InChI=1S/C43H55NO4/c1-28-22-30(39(45)35(23-28)42(8,9)10)27-44-38(24-29-16-14-13-15-17-29)43(46,33-25-31(40(2,3)4)18-20-36(33)47-11)34-26-32(41(5,6)7)19-21-37(34)48-12/h13-23,25-27,38,45-46H,24H2,1-12H3/t38-/m0/s1. The van der Waals surface area contributed by atoms with E-state index in [0.717, 1.165) is 27.8 Å². The van der Waals surface area contributed by atoms with E-state index in [9.17, 15) is 10.2 Å². The number of benzene rings is 4. The van der Waals surface area contributed by atoms with Crippen molar-refractivity contribution in [1.29, 1.82) is 0 Å². The minimum absolute atomic E-state index is 0.193. The van der Waals surface area contributed by atoms with Crippen LogP contribution in [0.3, 0.4) is 0 Å². The normalized spacial score (nSPS) is 13.5. The highest BCUT2D eigenvalue weighted by Gasteiger charge is 2.45. The van der Waals surface area contributed by atoms with E-state index in [1.807, 2.05) is 49.4 Å². The second-order valence-electron chi connectivity index (χ2n) is 16.1. The number of methoxy groups -OCH3 is 2. The molecule has 256 valence electrons. The minimum Gasteiger partial charge on any atom is -0.507 e. The molecule has 5 nitrogen and oxygen atoms in total. The molecule has 1 atom stereocenters. The number of phenols is 1. The van der Waals surface area contributed by atoms with Gasteiger partial charge in [-0.2, -0.15) is 0 Å². The summed E-state index contributed by atoms with van der Waals surface area (Å²) in [5, 5.41) is 25.2. The maximum absolute atomic E-state index is 13.7. The molecule has 0 aromatic heterocycles. The van der Waals surface area contributed by atoms with Gasteiger partial charge in [0.05, 0.1) is 20.3 Å². The fourth-order valence-electron chi connectivity index (χ4n) is 6.24. The van der Waals surface area contributed by atoms with Crippen molar-refractivity contribution >= 4 is 6.21 Å². The first-order valence-corrected chi connectivity index (χ1v) is 16.8. The third-order valence-corrected chi connectivity index (χ3v) is 9.19. The second-order valence-corrected chi connectivity index (χ2v) is 16.1. The van der Waals surface area contributed by atoms with Crippen LogP contribution in [0.2, 0.25) is 0 Å². The summed E-state index contributed by atoms with van der Waals surface area (Å²) >= 11 is 0.